The summed E-state index contributed by atoms with van der Waals surface area (Å²) in [6, 6.07) is 7.26. The number of fused-ring (bicyclic) bond motifs is 1. The molecule has 2 N–H and O–H groups in total. The lowest BCUT2D eigenvalue weighted by Crippen LogP contribution is -2.23. The molecule has 0 aliphatic heterocycles. The van der Waals surface area contributed by atoms with E-state index in [0.717, 1.165) is 0 Å². The van der Waals surface area contributed by atoms with Crippen molar-refractivity contribution in [2.24, 2.45) is 0 Å². The summed E-state index contributed by atoms with van der Waals surface area (Å²) < 4.78 is 53.3. The Labute approximate surface area is 214 Å². The van der Waals surface area contributed by atoms with Crippen molar-refractivity contribution in [3.63, 3.8) is 0 Å². The third-order valence-corrected chi connectivity index (χ3v) is 6.43. The zero-order chi connectivity index (χ0) is 26.7. The van der Waals surface area contributed by atoms with Crippen LogP contribution in [0.2, 0.25) is 0 Å². The fourth-order valence-electron chi connectivity index (χ4n) is 4.09. The minimum atomic E-state index is -4.85. The van der Waals surface area contributed by atoms with E-state index in [9.17, 15) is 23.1 Å². The monoisotopic (exact) mass is 532 g/mol. The number of carbonyl (C=O) groups excluding carboxylic acids is 1. The van der Waals surface area contributed by atoms with E-state index in [1.165, 1.54) is 43.8 Å². The summed E-state index contributed by atoms with van der Waals surface area (Å²) in [5, 5.41) is 14.8. The first-order chi connectivity index (χ1) is 17.6. The second-order valence-corrected chi connectivity index (χ2v) is 8.84. The van der Waals surface area contributed by atoms with Crippen LogP contribution in [0.3, 0.4) is 0 Å². The van der Waals surface area contributed by atoms with E-state index < -0.39 is 6.36 Å². The Balaban J connectivity index is 1.74. The molecular formula is C26H23F3N2O5S. The molecule has 0 saturated heterocycles. The highest BCUT2D eigenvalue weighted by Gasteiger charge is 2.33. The number of aromatic hydroxyl groups is 1. The van der Waals surface area contributed by atoms with Gasteiger partial charge in [-0.1, -0.05) is 6.07 Å². The first-order valence-corrected chi connectivity index (χ1v) is 11.9. The normalized spacial score (nSPS) is 14.1. The molecule has 0 spiro atoms. The molecule has 0 saturated carbocycles. The lowest BCUT2D eigenvalue weighted by Gasteiger charge is -2.12. The summed E-state index contributed by atoms with van der Waals surface area (Å²) in [5.41, 5.74) is 6.09. The maximum absolute atomic E-state index is 12.9. The molecule has 1 heterocycles. The molecule has 0 fully saturated rings. The Bertz CT molecular complexity index is 1360. The SMILES string of the molecule is COc1cc(C=C2C(C)=C(CC(=O)NCc3cscn3)c3cc(OC(F)(F)F)ccc32)cc(OC)c1O. The number of thiazole rings is 1. The Morgan fingerprint density at radius 2 is 1.84 bits per heavy atom. The highest BCUT2D eigenvalue weighted by molar-refractivity contribution is 7.07. The van der Waals surface area contributed by atoms with Crippen LogP contribution >= 0.6 is 11.3 Å². The minimum Gasteiger partial charge on any atom is -0.502 e. The van der Waals surface area contributed by atoms with E-state index in [1.807, 2.05) is 5.38 Å². The van der Waals surface area contributed by atoms with Gasteiger partial charge in [-0.2, -0.15) is 0 Å². The van der Waals surface area contributed by atoms with Gasteiger partial charge in [0.1, 0.15) is 5.75 Å². The van der Waals surface area contributed by atoms with E-state index in [4.69, 9.17) is 9.47 Å². The van der Waals surface area contributed by atoms with Crippen LogP contribution in [0.4, 0.5) is 13.2 Å². The number of nitrogens with zero attached hydrogens (tertiary/aromatic N) is 1. The molecule has 11 heteroatoms. The van der Waals surface area contributed by atoms with Gasteiger partial charge in [-0.15, -0.1) is 24.5 Å². The number of phenols is 1. The Hall–Kier alpha value is -3.99. The lowest BCUT2D eigenvalue weighted by molar-refractivity contribution is -0.274. The van der Waals surface area contributed by atoms with Gasteiger partial charge in [-0.3, -0.25) is 4.79 Å². The number of halogens is 3. The summed E-state index contributed by atoms with van der Waals surface area (Å²) in [5.74, 6) is -0.445. The number of phenolic OH excluding ortho intramolecular Hbond substituents is 1. The largest absolute Gasteiger partial charge is 0.573 e. The second kappa shape index (κ2) is 10.6. The number of rotatable bonds is 8. The molecule has 194 valence electrons. The molecule has 37 heavy (non-hydrogen) atoms. The number of hydrogen-bond donors (Lipinski definition) is 2. The molecule has 1 amide bonds. The van der Waals surface area contributed by atoms with Crippen molar-refractivity contribution >= 4 is 34.5 Å². The summed E-state index contributed by atoms with van der Waals surface area (Å²) in [6.07, 6.45) is -3.12. The van der Waals surface area contributed by atoms with Crippen molar-refractivity contribution in [2.75, 3.05) is 14.2 Å². The molecule has 1 aliphatic carbocycles. The number of alkyl halides is 3. The van der Waals surface area contributed by atoms with E-state index >= 15 is 0 Å². The van der Waals surface area contributed by atoms with E-state index in [0.29, 0.717) is 39.1 Å². The number of methoxy groups -OCH3 is 2. The summed E-state index contributed by atoms with van der Waals surface area (Å²) in [6.45, 7) is 2.04. The number of nitrogens with one attached hydrogen (secondary N) is 1. The summed E-state index contributed by atoms with van der Waals surface area (Å²) >= 11 is 1.41. The molecule has 0 atom stereocenters. The molecule has 0 bridgehead atoms. The van der Waals surface area contributed by atoms with Crippen molar-refractivity contribution in [3.05, 3.63) is 69.2 Å². The minimum absolute atomic E-state index is 0.0575. The number of allylic oxidation sites excluding steroid dienone is 2. The van der Waals surface area contributed by atoms with Crippen molar-refractivity contribution in [1.82, 2.24) is 10.3 Å². The van der Waals surface area contributed by atoms with Crippen molar-refractivity contribution in [2.45, 2.75) is 26.3 Å². The number of amides is 1. The topological polar surface area (TPSA) is 89.9 Å². The van der Waals surface area contributed by atoms with Crippen molar-refractivity contribution in [1.29, 1.82) is 0 Å². The van der Waals surface area contributed by atoms with Crippen LogP contribution in [0.5, 0.6) is 23.0 Å². The van der Waals surface area contributed by atoms with Crippen LogP contribution < -0.4 is 19.5 Å². The third-order valence-electron chi connectivity index (χ3n) is 5.80. The predicted molar refractivity (Wildman–Crippen MR) is 133 cm³/mol. The standard InChI is InChI=1S/C26H23F3N2O5S/c1-14-19(6-15-7-22(34-2)25(33)23(8-15)35-3)18-5-4-17(36-26(27,28)29)9-21(18)20(14)10-24(32)30-11-16-12-37-13-31-16/h4-9,12-13,33H,10-11H2,1-3H3,(H,30,32). The highest BCUT2D eigenvalue weighted by atomic mass is 32.1. The van der Waals surface area contributed by atoms with Gasteiger partial charge in [0.25, 0.3) is 0 Å². The Kier molecular flexibility index (Phi) is 7.44. The molecule has 0 unspecified atom stereocenters. The Morgan fingerprint density at radius 3 is 2.43 bits per heavy atom. The molecule has 1 aliphatic rings. The summed E-state index contributed by atoms with van der Waals surface area (Å²) in [4.78, 5) is 16.9. The van der Waals surface area contributed by atoms with Crippen molar-refractivity contribution in [3.8, 4) is 23.0 Å². The molecule has 2 aromatic carbocycles. The average Bonchev–Trinajstić information content (AvgIpc) is 3.45. The molecule has 1 aromatic heterocycles. The van der Waals surface area contributed by atoms with Gasteiger partial charge in [0.05, 0.1) is 38.4 Å². The van der Waals surface area contributed by atoms with Gasteiger partial charge < -0.3 is 24.6 Å². The molecular weight excluding hydrogens is 509 g/mol. The smallest absolute Gasteiger partial charge is 0.502 e. The van der Waals surface area contributed by atoms with Gasteiger partial charge in [0.15, 0.2) is 11.5 Å². The third kappa shape index (κ3) is 5.88. The van der Waals surface area contributed by atoms with Gasteiger partial charge in [-0.05, 0) is 70.7 Å². The molecule has 7 nitrogen and oxygen atoms in total. The number of carbonyl (C=O) groups is 1. The summed E-state index contributed by atoms with van der Waals surface area (Å²) in [7, 11) is 2.82. The lowest BCUT2D eigenvalue weighted by atomic mass is 10.00. The first-order valence-electron chi connectivity index (χ1n) is 11.0. The number of hydrogen-bond acceptors (Lipinski definition) is 7. The second-order valence-electron chi connectivity index (χ2n) is 8.12. The van der Waals surface area contributed by atoms with Crippen LogP contribution in [0.15, 0.2) is 46.8 Å². The molecule has 0 radical (unpaired) electrons. The Morgan fingerprint density at radius 1 is 1.14 bits per heavy atom. The number of benzene rings is 2. The zero-order valence-corrected chi connectivity index (χ0v) is 20.9. The van der Waals surface area contributed by atoms with Gasteiger partial charge >= 0.3 is 6.36 Å². The van der Waals surface area contributed by atoms with Crippen LogP contribution in [-0.4, -0.2) is 36.6 Å². The first kappa shape index (κ1) is 26.1. The number of aromatic nitrogens is 1. The number of ether oxygens (including phenoxy) is 3. The maximum Gasteiger partial charge on any atom is 0.573 e. The van der Waals surface area contributed by atoms with Crippen LogP contribution in [0.25, 0.3) is 17.2 Å². The van der Waals surface area contributed by atoms with Gasteiger partial charge in [0, 0.05) is 5.38 Å². The molecule has 4 rings (SSSR count). The zero-order valence-electron chi connectivity index (χ0n) is 20.1. The van der Waals surface area contributed by atoms with Gasteiger partial charge in [0.2, 0.25) is 11.7 Å². The maximum atomic E-state index is 12.9. The molecule has 3 aromatic rings. The fourth-order valence-corrected chi connectivity index (χ4v) is 4.64. The van der Waals surface area contributed by atoms with Crippen molar-refractivity contribution < 1.29 is 37.3 Å². The quantitative estimate of drug-likeness (QED) is 0.381. The van der Waals surface area contributed by atoms with Crippen LogP contribution in [0, 0.1) is 0 Å². The van der Waals surface area contributed by atoms with E-state index in [-0.39, 0.29) is 41.9 Å². The van der Waals surface area contributed by atoms with Gasteiger partial charge in [-0.25, -0.2) is 4.98 Å². The average molecular weight is 533 g/mol. The fraction of sp³-hybridized carbons (Fsp3) is 0.231. The predicted octanol–water partition coefficient (Wildman–Crippen LogP) is 5.80. The van der Waals surface area contributed by atoms with E-state index in [1.54, 1.807) is 30.6 Å². The van der Waals surface area contributed by atoms with Crippen LogP contribution in [-0.2, 0) is 11.3 Å². The van der Waals surface area contributed by atoms with Crippen LogP contribution in [0.1, 0.15) is 35.7 Å². The van der Waals surface area contributed by atoms with E-state index in [2.05, 4.69) is 15.0 Å². The highest BCUT2D eigenvalue weighted by Crippen LogP contribution is 2.46.